The summed E-state index contributed by atoms with van der Waals surface area (Å²) in [7, 11) is -2.32. The summed E-state index contributed by atoms with van der Waals surface area (Å²) in [4.78, 5) is -0.125. The first-order valence-electron chi connectivity index (χ1n) is 5.48. The van der Waals surface area contributed by atoms with E-state index in [-0.39, 0.29) is 29.5 Å². The molecule has 108 valence electrons. The summed E-state index contributed by atoms with van der Waals surface area (Å²) in [5.41, 5.74) is 0. The highest BCUT2D eigenvalue weighted by molar-refractivity contribution is 7.89. The molecule has 0 aliphatic rings. The largest absolute Gasteiger partial charge is 0.391 e. The first kappa shape index (κ1) is 16.3. The Labute approximate surface area is 116 Å². The van der Waals surface area contributed by atoms with Crippen LogP contribution in [0, 0.1) is 5.82 Å². The maximum absolute atomic E-state index is 12.9. The molecule has 0 heterocycles. The number of rotatable bonds is 7. The monoisotopic (exact) mass is 311 g/mol. The molecule has 19 heavy (non-hydrogen) atoms. The van der Waals surface area contributed by atoms with Crippen molar-refractivity contribution in [3.63, 3.8) is 0 Å². The number of aliphatic hydroxyl groups is 1. The van der Waals surface area contributed by atoms with Gasteiger partial charge in [-0.3, -0.25) is 0 Å². The van der Waals surface area contributed by atoms with Crippen molar-refractivity contribution in [2.75, 3.05) is 20.3 Å². The summed E-state index contributed by atoms with van der Waals surface area (Å²) in [6, 6.07) is 3.14. The second-order valence-corrected chi connectivity index (χ2v) is 6.05. The minimum Gasteiger partial charge on any atom is -0.391 e. The Bertz CT molecular complexity index is 523. The van der Waals surface area contributed by atoms with E-state index < -0.39 is 21.9 Å². The molecule has 0 amide bonds. The summed E-state index contributed by atoms with van der Waals surface area (Å²) in [6.07, 6.45) is -0.536. The third-order valence-electron chi connectivity index (χ3n) is 2.33. The predicted octanol–water partition coefficient (Wildman–Crippen LogP) is 1.15. The Balaban J connectivity index is 2.63. The Hall–Kier alpha value is -0.730. The van der Waals surface area contributed by atoms with E-state index in [4.69, 9.17) is 16.3 Å². The number of halogens is 2. The highest BCUT2D eigenvalue weighted by atomic mass is 35.5. The van der Waals surface area contributed by atoms with Gasteiger partial charge in [0.15, 0.2) is 0 Å². The van der Waals surface area contributed by atoms with Gasteiger partial charge in [0.25, 0.3) is 0 Å². The molecule has 0 fully saturated rings. The van der Waals surface area contributed by atoms with Crippen LogP contribution in [0.4, 0.5) is 4.39 Å². The van der Waals surface area contributed by atoms with Gasteiger partial charge in [-0.05, 0) is 24.6 Å². The number of hydrogen-bond acceptors (Lipinski definition) is 4. The van der Waals surface area contributed by atoms with Crippen LogP contribution in [0.25, 0.3) is 0 Å². The van der Waals surface area contributed by atoms with Crippen molar-refractivity contribution < 1.29 is 22.7 Å². The molecule has 0 aliphatic carbocycles. The fourth-order valence-corrected chi connectivity index (χ4v) is 2.68. The van der Waals surface area contributed by atoms with E-state index in [9.17, 15) is 17.9 Å². The zero-order valence-electron chi connectivity index (χ0n) is 10.3. The van der Waals surface area contributed by atoms with Crippen LogP contribution in [0.3, 0.4) is 0 Å². The number of sulfonamides is 1. The minimum absolute atomic E-state index is 0.0435. The van der Waals surface area contributed by atoms with E-state index in [1.165, 1.54) is 7.11 Å². The van der Waals surface area contributed by atoms with Crippen LogP contribution in [-0.4, -0.2) is 39.9 Å². The molecule has 1 unspecified atom stereocenters. The fourth-order valence-electron chi connectivity index (χ4n) is 1.36. The molecular weight excluding hydrogens is 297 g/mol. The number of methoxy groups -OCH3 is 1. The van der Waals surface area contributed by atoms with Crippen molar-refractivity contribution in [2.45, 2.75) is 17.4 Å². The first-order valence-corrected chi connectivity index (χ1v) is 7.34. The normalized spacial score (nSPS) is 13.5. The first-order chi connectivity index (χ1) is 8.86. The number of hydrogen-bond donors (Lipinski definition) is 2. The van der Waals surface area contributed by atoms with Crippen molar-refractivity contribution in [1.82, 2.24) is 4.72 Å². The van der Waals surface area contributed by atoms with E-state index in [0.29, 0.717) is 0 Å². The van der Waals surface area contributed by atoms with E-state index in [2.05, 4.69) is 4.72 Å². The van der Waals surface area contributed by atoms with Crippen LogP contribution < -0.4 is 4.72 Å². The van der Waals surface area contributed by atoms with Gasteiger partial charge in [0.05, 0.1) is 22.6 Å². The molecule has 0 bridgehead atoms. The zero-order valence-corrected chi connectivity index (χ0v) is 11.8. The maximum atomic E-state index is 12.9. The highest BCUT2D eigenvalue weighted by Gasteiger charge is 2.16. The van der Waals surface area contributed by atoms with Crippen molar-refractivity contribution >= 4 is 21.6 Å². The summed E-state index contributed by atoms with van der Waals surface area (Å²) < 4.78 is 43.6. The third-order valence-corrected chi connectivity index (χ3v) is 4.08. The lowest BCUT2D eigenvalue weighted by Gasteiger charge is -2.10. The van der Waals surface area contributed by atoms with Crippen molar-refractivity contribution in [2.24, 2.45) is 0 Å². The van der Waals surface area contributed by atoms with Gasteiger partial charge in [0.2, 0.25) is 10.0 Å². The second-order valence-electron chi connectivity index (χ2n) is 3.87. The molecule has 0 saturated heterocycles. The maximum Gasteiger partial charge on any atom is 0.240 e. The number of nitrogens with one attached hydrogen (secondary N) is 1. The molecule has 2 N–H and O–H groups in total. The van der Waals surface area contributed by atoms with Gasteiger partial charge in [0.1, 0.15) is 5.82 Å². The zero-order chi connectivity index (χ0) is 14.5. The molecule has 1 atom stereocenters. The number of benzene rings is 1. The van der Waals surface area contributed by atoms with Crippen molar-refractivity contribution in [1.29, 1.82) is 0 Å². The van der Waals surface area contributed by atoms with E-state index >= 15 is 0 Å². The van der Waals surface area contributed by atoms with Gasteiger partial charge in [-0.2, -0.15) is 0 Å². The van der Waals surface area contributed by atoms with Crippen LogP contribution in [0.15, 0.2) is 23.1 Å². The molecule has 0 radical (unpaired) electrons. The Kier molecular flexibility index (Phi) is 6.15. The standard InChI is InChI=1S/C11H15ClFNO4S/c1-18-7-8(15)4-5-14-19(16,17)9-2-3-11(13)10(12)6-9/h2-3,6,8,14-15H,4-5,7H2,1H3. The van der Waals surface area contributed by atoms with Crippen LogP contribution in [-0.2, 0) is 14.8 Å². The fraction of sp³-hybridized carbons (Fsp3) is 0.455. The van der Waals surface area contributed by atoms with Gasteiger partial charge in [0, 0.05) is 13.7 Å². The molecule has 0 saturated carbocycles. The second kappa shape index (κ2) is 7.16. The van der Waals surface area contributed by atoms with Crippen LogP contribution >= 0.6 is 11.6 Å². The molecule has 5 nitrogen and oxygen atoms in total. The predicted molar refractivity (Wildman–Crippen MR) is 69.1 cm³/mol. The van der Waals surface area contributed by atoms with Gasteiger partial charge in [-0.15, -0.1) is 0 Å². The lowest BCUT2D eigenvalue weighted by Crippen LogP contribution is -2.28. The molecule has 0 aromatic heterocycles. The van der Waals surface area contributed by atoms with E-state index in [1.807, 2.05) is 0 Å². The Morgan fingerprint density at radius 2 is 2.21 bits per heavy atom. The topological polar surface area (TPSA) is 75.6 Å². The average Bonchev–Trinajstić information content (AvgIpc) is 2.32. The third kappa shape index (κ3) is 5.04. The summed E-state index contributed by atoms with van der Waals surface area (Å²) in [5.74, 6) is -0.684. The molecule has 8 heteroatoms. The average molecular weight is 312 g/mol. The Morgan fingerprint density at radius 1 is 1.53 bits per heavy atom. The lowest BCUT2D eigenvalue weighted by atomic mass is 10.3. The van der Waals surface area contributed by atoms with E-state index in [0.717, 1.165) is 18.2 Å². The van der Waals surface area contributed by atoms with E-state index in [1.54, 1.807) is 0 Å². The van der Waals surface area contributed by atoms with Crippen LogP contribution in [0.2, 0.25) is 5.02 Å². The van der Waals surface area contributed by atoms with Gasteiger partial charge >= 0.3 is 0 Å². The minimum atomic E-state index is -3.76. The van der Waals surface area contributed by atoms with Crippen molar-refractivity contribution in [3.05, 3.63) is 29.0 Å². The molecule has 1 aromatic carbocycles. The SMILES string of the molecule is COCC(O)CCNS(=O)(=O)c1ccc(F)c(Cl)c1. The molecule has 0 aliphatic heterocycles. The highest BCUT2D eigenvalue weighted by Crippen LogP contribution is 2.19. The molecule has 1 aromatic rings. The smallest absolute Gasteiger partial charge is 0.240 e. The lowest BCUT2D eigenvalue weighted by molar-refractivity contribution is 0.0603. The van der Waals surface area contributed by atoms with Gasteiger partial charge in [-0.1, -0.05) is 11.6 Å². The summed E-state index contributed by atoms with van der Waals surface area (Å²) >= 11 is 5.52. The number of ether oxygens (including phenoxy) is 1. The summed E-state index contributed by atoms with van der Waals surface area (Å²) in [6.45, 7) is 0.173. The summed E-state index contributed by atoms with van der Waals surface area (Å²) in [5, 5.41) is 9.10. The molecular formula is C11H15ClFNO4S. The quantitative estimate of drug-likeness (QED) is 0.792. The van der Waals surface area contributed by atoms with Gasteiger partial charge in [-0.25, -0.2) is 17.5 Å². The van der Waals surface area contributed by atoms with Gasteiger partial charge < -0.3 is 9.84 Å². The van der Waals surface area contributed by atoms with Crippen LogP contribution in [0.1, 0.15) is 6.42 Å². The molecule has 1 rings (SSSR count). The number of aliphatic hydroxyl groups excluding tert-OH is 1. The van der Waals surface area contributed by atoms with Crippen LogP contribution in [0.5, 0.6) is 0 Å². The Morgan fingerprint density at radius 3 is 2.79 bits per heavy atom. The molecule has 0 spiro atoms. The van der Waals surface area contributed by atoms with Crippen molar-refractivity contribution in [3.8, 4) is 0 Å².